The second kappa shape index (κ2) is 4.05. The van der Waals surface area contributed by atoms with E-state index in [4.69, 9.17) is 22.6 Å². The largest absolute Gasteiger partial charge is 0.326 e. The van der Waals surface area contributed by atoms with Crippen molar-refractivity contribution in [1.29, 1.82) is 5.26 Å². The number of nitrogens with zero attached hydrogens (tertiary/aromatic N) is 2. The first-order chi connectivity index (χ1) is 6.60. The van der Waals surface area contributed by atoms with E-state index in [1.165, 1.54) is 12.1 Å². The molecule has 72 valence electrons. The van der Waals surface area contributed by atoms with Gasteiger partial charge < -0.3 is 5.73 Å². The molecule has 0 fully saturated rings. The van der Waals surface area contributed by atoms with Crippen LogP contribution >= 0.6 is 11.6 Å². The van der Waals surface area contributed by atoms with E-state index < -0.39 is 4.92 Å². The summed E-state index contributed by atoms with van der Waals surface area (Å²) in [5.41, 5.74) is 5.78. The predicted molar refractivity (Wildman–Crippen MR) is 50.7 cm³/mol. The monoisotopic (exact) mass is 211 g/mol. The van der Waals surface area contributed by atoms with Gasteiger partial charge in [-0.2, -0.15) is 5.26 Å². The summed E-state index contributed by atoms with van der Waals surface area (Å²) in [5.74, 6) is 0. The molecular formula is C8H6ClN3O2. The summed E-state index contributed by atoms with van der Waals surface area (Å²) in [4.78, 5) is 9.88. The van der Waals surface area contributed by atoms with Crippen molar-refractivity contribution in [2.75, 3.05) is 0 Å². The first kappa shape index (κ1) is 10.4. The van der Waals surface area contributed by atoms with Crippen molar-refractivity contribution in [2.24, 2.45) is 5.73 Å². The Labute approximate surface area is 84.8 Å². The Bertz CT molecular complexity index is 425. The van der Waals surface area contributed by atoms with Gasteiger partial charge in [-0.05, 0) is 11.6 Å². The van der Waals surface area contributed by atoms with Crippen molar-refractivity contribution in [3.63, 3.8) is 0 Å². The number of rotatable bonds is 2. The van der Waals surface area contributed by atoms with Gasteiger partial charge in [0.15, 0.2) is 0 Å². The molecule has 0 aliphatic heterocycles. The van der Waals surface area contributed by atoms with Crippen LogP contribution in [-0.4, -0.2) is 4.92 Å². The smallest absolute Gasteiger partial charge is 0.288 e. The fourth-order valence-electron chi connectivity index (χ4n) is 1.02. The molecule has 0 spiro atoms. The molecule has 0 heterocycles. The molecule has 0 saturated heterocycles. The van der Waals surface area contributed by atoms with Gasteiger partial charge in [-0.15, -0.1) is 0 Å². The van der Waals surface area contributed by atoms with Crippen LogP contribution in [0.2, 0.25) is 5.02 Å². The molecule has 6 heteroatoms. The van der Waals surface area contributed by atoms with E-state index >= 15 is 0 Å². The van der Waals surface area contributed by atoms with Crippen LogP contribution in [-0.2, 0) is 6.54 Å². The second-order valence-corrected chi connectivity index (χ2v) is 2.94. The molecule has 0 atom stereocenters. The highest BCUT2D eigenvalue weighted by atomic mass is 35.5. The van der Waals surface area contributed by atoms with Crippen molar-refractivity contribution < 1.29 is 4.92 Å². The second-order valence-electron chi connectivity index (χ2n) is 2.53. The van der Waals surface area contributed by atoms with Crippen LogP contribution in [0, 0.1) is 21.4 Å². The molecule has 0 radical (unpaired) electrons. The maximum absolute atomic E-state index is 10.5. The minimum atomic E-state index is -0.608. The summed E-state index contributed by atoms with van der Waals surface area (Å²) in [6, 6.07) is 4.34. The van der Waals surface area contributed by atoms with Gasteiger partial charge in [0.2, 0.25) is 0 Å². The van der Waals surface area contributed by atoms with E-state index in [0.29, 0.717) is 5.56 Å². The molecule has 0 amide bonds. The highest BCUT2D eigenvalue weighted by Crippen LogP contribution is 2.27. The fraction of sp³-hybridized carbons (Fsp3) is 0.125. The van der Waals surface area contributed by atoms with Crippen molar-refractivity contribution in [2.45, 2.75) is 6.54 Å². The van der Waals surface area contributed by atoms with Gasteiger partial charge in [-0.25, -0.2) is 0 Å². The maximum atomic E-state index is 10.5. The lowest BCUT2D eigenvalue weighted by molar-refractivity contribution is -0.384. The minimum Gasteiger partial charge on any atom is -0.326 e. The maximum Gasteiger partial charge on any atom is 0.288 e. The molecule has 0 saturated carbocycles. The third-order valence-electron chi connectivity index (χ3n) is 1.71. The molecule has 0 aliphatic carbocycles. The number of hydrogen-bond donors (Lipinski definition) is 1. The van der Waals surface area contributed by atoms with Crippen LogP contribution < -0.4 is 5.73 Å². The van der Waals surface area contributed by atoms with Crippen molar-refractivity contribution in [3.8, 4) is 6.07 Å². The summed E-state index contributed by atoms with van der Waals surface area (Å²) in [6.07, 6.45) is 0. The normalized spacial score (nSPS) is 9.50. The summed E-state index contributed by atoms with van der Waals surface area (Å²) in [6.45, 7) is 0.0703. The van der Waals surface area contributed by atoms with Gasteiger partial charge in [0.05, 0.1) is 16.6 Å². The van der Waals surface area contributed by atoms with Crippen LogP contribution in [0.15, 0.2) is 12.1 Å². The SMILES string of the molecule is N#Cc1cc(Cl)c([N+](=O)[O-])cc1CN. The highest BCUT2D eigenvalue weighted by molar-refractivity contribution is 6.32. The molecule has 1 aromatic rings. The molecule has 1 aromatic carbocycles. The summed E-state index contributed by atoms with van der Waals surface area (Å²) in [5, 5.41) is 19.1. The minimum absolute atomic E-state index is 0.0521. The lowest BCUT2D eigenvalue weighted by Crippen LogP contribution is -2.01. The van der Waals surface area contributed by atoms with Gasteiger partial charge in [-0.3, -0.25) is 10.1 Å². The molecule has 5 nitrogen and oxygen atoms in total. The van der Waals surface area contributed by atoms with Crippen molar-refractivity contribution in [3.05, 3.63) is 38.4 Å². The number of benzene rings is 1. The van der Waals surface area contributed by atoms with E-state index in [1.54, 1.807) is 0 Å². The summed E-state index contributed by atoms with van der Waals surface area (Å²) >= 11 is 5.60. The lowest BCUT2D eigenvalue weighted by Gasteiger charge is -2.01. The van der Waals surface area contributed by atoms with Gasteiger partial charge in [-0.1, -0.05) is 11.6 Å². The Hall–Kier alpha value is -1.64. The number of nitrogens with two attached hydrogens (primary N) is 1. The molecule has 0 aromatic heterocycles. The molecule has 1 rings (SSSR count). The lowest BCUT2D eigenvalue weighted by atomic mass is 10.1. The van der Waals surface area contributed by atoms with E-state index in [0.717, 1.165) is 0 Å². The highest BCUT2D eigenvalue weighted by Gasteiger charge is 2.15. The first-order valence-electron chi connectivity index (χ1n) is 3.67. The van der Waals surface area contributed by atoms with Crippen LogP contribution in [0.3, 0.4) is 0 Å². The molecule has 0 unspecified atom stereocenters. The standard InChI is InChI=1S/C8H6ClN3O2/c9-7-1-5(3-10)6(4-11)2-8(7)12(13)14/h1-2H,4,11H2. The molecule has 0 bridgehead atoms. The molecular weight excluding hydrogens is 206 g/mol. The number of halogens is 1. The molecule has 0 aliphatic rings. The van der Waals surface area contributed by atoms with Gasteiger partial charge in [0, 0.05) is 12.6 Å². The zero-order valence-electron chi connectivity index (χ0n) is 7.03. The summed E-state index contributed by atoms with van der Waals surface area (Å²) in [7, 11) is 0. The van der Waals surface area contributed by atoms with Crippen molar-refractivity contribution in [1.82, 2.24) is 0 Å². The quantitative estimate of drug-likeness (QED) is 0.594. The Morgan fingerprint density at radius 2 is 2.29 bits per heavy atom. The van der Waals surface area contributed by atoms with Gasteiger partial charge in [0.25, 0.3) is 5.69 Å². The number of nitro benzene ring substituents is 1. The van der Waals surface area contributed by atoms with Crippen LogP contribution in [0.1, 0.15) is 11.1 Å². The third kappa shape index (κ3) is 1.82. The van der Waals surface area contributed by atoms with Crippen molar-refractivity contribution >= 4 is 17.3 Å². The van der Waals surface area contributed by atoms with E-state index in [1.807, 2.05) is 6.07 Å². The van der Waals surface area contributed by atoms with Gasteiger partial charge in [0.1, 0.15) is 5.02 Å². The Morgan fingerprint density at radius 1 is 1.64 bits per heavy atom. The zero-order valence-corrected chi connectivity index (χ0v) is 7.78. The van der Waals surface area contributed by atoms with E-state index in [2.05, 4.69) is 0 Å². The van der Waals surface area contributed by atoms with Gasteiger partial charge >= 0.3 is 0 Å². The first-order valence-corrected chi connectivity index (χ1v) is 4.05. The number of nitriles is 1. The van der Waals surface area contributed by atoms with Crippen LogP contribution in [0.4, 0.5) is 5.69 Å². The number of nitro groups is 1. The van der Waals surface area contributed by atoms with E-state index in [-0.39, 0.29) is 22.8 Å². The van der Waals surface area contributed by atoms with E-state index in [9.17, 15) is 10.1 Å². The average molecular weight is 212 g/mol. The molecule has 14 heavy (non-hydrogen) atoms. The summed E-state index contributed by atoms with van der Waals surface area (Å²) < 4.78 is 0. The predicted octanol–water partition coefficient (Wildman–Crippen LogP) is 1.58. The zero-order chi connectivity index (χ0) is 10.7. The fourth-order valence-corrected chi connectivity index (χ4v) is 1.25. The third-order valence-corrected chi connectivity index (χ3v) is 2.01. The number of hydrogen-bond acceptors (Lipinski definition) is 4. The van der Waals surface area contributed by atoms with Crippen LogP contribution in [0.25, 0.3) is 0 Å². The Kier molecular flexibility index (Phi) is 3.02. The van der Waals surface area contributed by atoms with Crippen LogP contribution in [0.5, 0.6) is 0 Å². The average Bonchev–Trinajstić information content (AvgIpc) is 2.16. The Morgan fingerprint density at radius 3 is 2.71 bits per heavy atom. The topological polar surface area (TPSA) is 92.9 Å². The molecule has 2 N–H and O–H groups in total. The Balaban J connectivity index is 3.39.